The highest BCUT2D eigenvalue weighted by Gasteiger charge is 2.39. The molecule has 0 saturated heterocycles. The van der Waals surface area contributed by atoms with E-state index in [1.807, 2.05) is 31.2 Å². The molecule has 6 heteroatoms. The van der Waals surface area contributed by atoms with E-state index in [9.17, 15) is 9.90 Å². The average Bonchev–Trinajstić information content (AvgIpc) is 3.09. The lowest BCUT2D eigenvalue weighted by atomic mass is 9.86. The maximum absolute atomic E-state index is 12.1. The largest absolute Gasteiger partial charge is 0.396 e. The Morgan fingerprint density at radius 1 is 1.50 bits per heavy atom. The number of aliphatic hydroxyl groups excluding tert-OH is 1. The molecule has 5 nitrogen and oxygen atoms in total. The minimum atomic E-state index is -0.201. The van der Waals surface area contributed by atoms with Crippen molar-refractivity contribution >= 4 is 27.6 Å². The number of thiazole rings is 1. The van der Waals surface area contributed by atoms with E-state index >= 15 is 0 Å². The van der Waals surface area contributed by atoms with E-state index in [0.29, 0.717) is 6.54 Å². The van der Waals surface area contributed by atoms with Gasteiger partial charge in [0.25, 0.3) is 0 Å². The van der Waals surface area contributed by atoms with Gasteiger partial charge in [-0.15, -0.1) is 11.3 Å². The number of urea groups is 1. The van der Waals surface area contributed by atoms with Crippen LogP contribution in [0.25, 0.3) is 10.2 Å². The lowest BCUT2D eigenvalue weighted by molar-refractivity contribution is 0.121. The summed E-state index contributed by atoms with van der Waals surface area (Å²) in [6, 6.07) is 7.79. The summed E-state index contributed by atoms with van der Waals surface area (Å²) in [5.41, 5.74) is 0.765. The molecule has 1 aliphatic rings. The Morgan fingerprint density at radius 2 is 2.32 bits per heavy atom. The van der Waals surface area contributed by atoms with Gasteiger partial charge < -0.3 is 15.7 Å². The third-order valence-electron chi connectivity index (χ3n) is 4.49. The summed E-state index contributed by atoms with van der Waals surface area (Å²) in [5.74, 6) is 0. The number of hydrogen-bond donors (Lipinski definition) is 3. The minimum Gasteiger partial charge on any atom is -0.396 e. The fraction of sp³-hybridized carbons (Fsp3) is 0.500. The number of rotatable bonds is 4. The summed E-state index contributed by atoms with van der Waals surface area (Å²) >= 11 is 1.59. The Kier molecular flexibility index (Phi) is 4.31. The second kappa shape index (κ2) is 6.22. The Bertz CT molecular complexity index is 639. The average molecular weight is 319 g/mol. The molecule has 22 heavy (non-hydrogen) atoms. The molecule has 3 rings (SSSR count). The highest BCUT2D eigenvalue weighted by molar-refractivity contribution is 7.18. The van der Waals surface area contributed by atoms with Crippen LogP contribution in [0.15, 0.2) is 24.3 Å². The van der Waals surface area contributed by atoms with Crippen LogP contribution in [0.2, 0.25) is 0 Å². The van der Waals surface area contributed by atoms with Crippen molar-refractivity contribution in [3.8, 4) is 0 Å². The van der Waals surface area contributed by atoms with Gasteiger partial charge in [0.15, 0.2) is 0 Å². The van der Waals surface area contributed by atoms with Crippen molar-refractivity contribution in [3.05, 3.63) is 29.3 Å². The van der Waals surface area contributed by atoms with Gasteiger partial charge in [-0.2, -0.15) is 0 Å². The van der Waals surface area contributed by atoms with E-state index in [0.717, 1.165) is 34.5 Å². The van der Waals surface area contributed by atoms with E-state index in [1.54, 1.807) is 11.3 Å². The molecule has 3 N–H and O–H groups in total. The second-order valence-electron chi connectivity index (χ2n) is 6.16. The molecule has 2 unspecified atom stereocenters. The van der Waals surface area contributed by atoms with Crippen LogP contribution < -0.4 is 10.6 Å². The summed E-state index contributed by atoms with van der Waals surface area (Å²) in [7, 11) is 0. The molecule has 0 spiro atoms. The summed E-state index contributed by atoms with van der Waals surface area (Å²) in [4.78, 5) is 16.6. The van der Waals surface area contributed by atoms with Crippen LogP contribution in [0.4, 0.5) is 4.79 Å². The van der Waals surface area contributed by atoms with Crippen molar-refractivity contribution in [2.75, 3.05) is 6.61 Å². The van der Waals surface area contributed by atoms with E-state index < -0.39 is 0 Å². The van der Waals surface area contributed by atoms with Gasteiger partial charge in [0.05, 0.1) is 23.4 Å². The van der Waals surface area contributed by atoms with Crippen molar-refractivity contribution in [2.24, 2.45) is 5.41 Å². The standard InChI is InChI=1S/C16H21N3O2S/c1-16(10-20)8-4-7-13(16)19-15(21)17-9-14-18-11-5-2-3-6-12(11)22-14/h2-3,5-6,13,20H,4,7-10H2,1H3,(H2,17,19,21). The number of carbonyl (C=O) groups is 1. The fourth-order valence-corrected chi connectivity index (χ4v) is 3.94. The van der Waals surface area contributed by atoms with Crippen LogP contribution in [-0.2, 0) is 6.54 Å². The number of benzene rings is 1. The van der Waals surface area contributed by atoms with Gasteiger partial charge in [-0.05, 0) is 25.0 Å². The number of fused-ring (bicyclic) bond motifs is 1. The van der Waals surface area contributed by atoms with Gasteiger partial charge in [-0.1, -0.05) is 25.5 Å². The number of hydrogen-bond acceptors (Lipinski definition) is 4. The molecule has 1 aliphatic carbocycles. The molecular formula is C16H21N3O2S. The molecule has 1 fully saturated rings. The summed E-state index contributed by atoms with van der Waals surface area (Å²) in [5, 5.41) is 16.3. The van der Waals surface area contributed by atoms with Crippen molar-refractivity contribution in [1.29, 1.82) is 0 Å². The van der Waals surface area contributed by atoms with Crippen LogP contribution in [0.3, 0.4) is 0 Å². The van der Waals surface area contributed by atoms with Crippen molar-refractivity contribution < 1.29 is 9.90 Å². The highest BCUT2D eigenvalue weighted by atomic mass is 32.1. The lowest BCUT2D eigenvalue weighted by Crippen LogP contribution is -2.48. The first-order chi connectivity index (χ1) is 10.6. The van der Waals surface area contributed by atoms with Gasteiger partial charge in [-0.3, -0.25) is 0 Å². The van der Waals surface area contributed by atoms with Crippen LogP contribution in [0.5, 0.6) is 0 Å². The molecule has 1 saturated carbocycles. The molecule has 2 aromatic rings. The number of amides is 2. The first-order valence-corrected chi connectivity index (χ1v) is 8.42. The maximum Gasteiger partial charge on any atom is 0.315 e. The van der Waals surface area contributed by atoms with Crippen LogP contribution >= 0.6 is 11.3 Å². The Balaban J connectivity index is 1.56. The van der Waals surface area contributed by atoms with E-state index in [4.69, 9.17) is 0 Å². The van der Waals surface area contributed by atoms with E-state index in [1.165, 1.54) is 0 Å². The first kappa shape index (κ1) is 15.2. The molecule has 2 amide bonds. The van der Waals surface area contributed by atoms with Crippen LogP contribution in [0.1, 0.15) is 31.2 Å². The normalized spacial score (nSPS) is 24.5. The molecule has 118 valence electrons. The highest BCUT2D eigenvalue weighted by Crippen LogP contribution is 2.37. The Morgan fingerprint density at radius 3 is 3.09 bits per heavy atom. The predicted molar refractivity (Wildman–Crippen MR) is 87.8 cm³/mol. The molecule has 0 radical (unpaired) electrons. The number of aromatic nitrogens is 1. The summed E-state index contributed by atoms with van der Waals surface area (Å²) in [6.45, 7) is 2.56. The topological polar surface area (TPSA) is 74.2 Å². The van der Waals surface area contributed by atoms with Crippen molar-refractivity contribution in [3.63, 3.8) is 0 Å². The monoisotopic (exact) mass is 319 g/mol. The zero-order chi connectivity index (χ0) is 15.6. The zero-order valence-corrected chi connectivity index (χ0v) is 13.4. The predicted octanol–water partition coefficient (Wildman–Crippen LogP) is 2.65. The number of carbonyl (C=O) groups excluding carboxylic acids is 1. The maximum atomic E-state index is 12.1. The molecule has 2 atom stereocenters. The lowest BCUT2D eigenvalue weighted by Gasteiger charge is -2.30. The van der Waals surface area contributed by atoms with Gasteiger partial charge in [-0.25, -0.2) is 9.78 Å². The third-order valence-corrected chi connectivity index (χ3v) is 5.52. The van der Waals surface area contributed by atoms with E-state index in [-0.39, 0.29) is 24.1 Å². The molecule has 1 aromatic heterocycles. The van der Waals surface area contributed by atoms with Crippen molar-refractivity contribution in [2.45, 2.75) is 38.8 Å². The third kappa shape index (κ3) is 3.08. The smallest absolute Gasteiger partial charge is 0.315 e. The van der Waals surface area contributed by atoms with Crippen LogP contribution in [-0.4, -0.2) is 28.8 Å². The minimum absolute atomic E-state index is 0.0351. The van der Waals surface area contributed by atoms with Crippen LogP contribution in [0, 0.1) is 5.41 Å². The number of nitrogens with one attached hydrogen (secondary N) is 2. The molecule has 1 aromatic carbocycles. The fourth-order valence-electron chi connectivity index (χ4n) is 3.03. The Labute approximate surface area is 133 Å². The van der Waals surface area contributed by atoms with Gasteiger partial charge in [0, 0.05) is 11.5 Å². The molecular weight excluding hydrogens is 298 g/mol. The summed E-state index contributed by atoms with van der Waals surface area (Å²) < 4.78 is 1.13. The quantitative estimate of drug-likeness (QED) is 0.811. The number of aliphatic hydroxyl groups is 1. The number of nitrogens with zero attached hydrogens (tertiary/aromatic N) is 1. The van der Waals surface area contributed by atoms with Crippen molar-refractivity contribution in [1.82, 2.24) is 15.6 Å². The first-order valence-electron chi connectivity index (χ1n) is 7.60. The second-order valence-corrected chi connectivity index (χ2v) is 7.27. The van der Waals surface area contributed by atoms with Gasteiger partial charge in [0.2, 0.25) is 0 Å². The van der Waals surface area contributed by atoms with Gasteiger partial charge >= 0.3 is 6.03 Å². The SMILES string of the molecule is CC1(CO)CCCC1NC(=O)NCc1nc2ccccc2s1. The molecule has 0 aliphatic heterocycles. The number of para-hydroxylation sites is 1. The summed E-state index contributed by atoms with van der Waals surface area (Å²) in [6.07, 6.45) is 2.91. The molecule has 0 bridgehead atoms. The van der Waals surface area contributed by atoms with Gasteiger partial charge in [0.1, 0.15) is 5.01 Å². The zero-order valence-electron chi connectivity index (χ0n) is 12.6. The molecule has 1 heterocycles. The Hall–Kier alpha value is -1.66. The van der Waals surface area contributed by atoms with E-state index in [2.05, 4.69) is 15.6 Å².